The largest absolute Gasteiger partial charge is 0.484 e. The van der Waals surface area contributed by atoms with Gasteiger partial charge in [0.25, 0.3) is 5.91 Å². The number of ether oxygens (including phenoxy) is 1. The summed E-state index contributed by atoms with van der Waals surface area (Å²) in [7, 11) is 0. The van der Waals surface area contributed by atoms with Crippen molar-refractivity contribution in [1.82, 2.24) is 19.8 Å². The number of para-hydroxylation sites is 2. The maximum absolute atomic E-state index is 12.3. The van der Waals surface area contributed by atoms with Gasteiger partial charge in [0.1, 0.15) is 11.6 Å². The lowest BCUT2D eigenvalue weighted by Crippen LogP contribution is -2.32. The van der Waals surface area contributed by atoms with Gasteiger partial charge in [0, 0.05) is 37.9 Å². The number of anilines is 1. The molecular weight excluding hydrogens is 394 g/mol. The zero-order valence-corrected chi connectivity index (χ0v) is 17.6. The second kappa shape index (κ2) is 9.51. The first kappa shape index (κ1) is 20.7. The number of aromatic nitrogens is 2. The molecule has 2 heterocycles. The fourth-order valence-corrected chi connectivity index (χ4v) is 3.80. The maximum atomic E-state index is 12.3. The van der Waals surface area contributed by atoms with E-state index in [4.69, 9.17) is 4.74 Å². The molecule has 8 heteroatoms. The van der Waals surface area contributed by atoms with Crippen molar-refractivity contribution in [2.45, 2.75) is 26.3 Å². The van der Waals surface area contributed by atoms with Crippen molar-refractivity contribution in [2.24, 2.45) is 0 Å². The molecule has 0 spiro atoms. The van der Waals surface area contributed by atoms with Crippen LogP contribution in [0.15, 0.2) is 48.5 Å². The first-order chi connectivity index (χ1) is 15.1. The van der Waals surface area contributed by atoms with E-state index in [0.29, 0.717) is 24.5 Å². The topological polar surface area (TPSA) is 88.5 Å². The fraction of sp³-hybridized carbons (Fsp3) is 0.348. The van der Waals surface area contributed by atoms with Crippen LogP contribution in [0.25, 0.3) is 11.0 Å². The number of nitrogens with one attached hydrogen (secondary N) is 2. The number of fused-ring (bicyclic) bond motifs is 1. The molecule has 3 aromatic rings. The van der Waals surface area contributed by atoms with Gasteiger partial charge in [0.2, 0.25) is 0 Å². The van der Waals surface area contributed by atoms with Crippen molar-refractivity contribution in [3.63, 3.8) is 0 Å². The van der Waals surface area contributed by atoms with Crippen LogP contribution < -0.4 is 15.4 Å². The van der Waals surface area contributed by atoms with E-state index < -0.39 is 0 Å². The highest BCUT2D eigenvalue weighted by atomic mass is 16.5. The molecule has 0 bridgehead atoms. The molecule has 0 unspecified atom stereocenters. The van der Waals surface area contributed by atoms with Gasteiger partial charge in [0.15, 0.2) is 6.61 Å². The standard InChI is InChI=1S/C23H27N5O3/c1-17-25-20-9-2-3-10-21(20)28(17)14-11-24-23(30)26-18-7-6-8-19(15-18)31-16-22(29)27-12-4-5-13-27/h2-3,6-10,15H,4-5,11-14,16H2,1H3,(H2,24,26,30). The van der Waals surface area contributed by atoms with Crippen molar-refractivity contribution in [3.8, 4) is 5.75 Å². The van der Waals surface area contributed by atoms with Crippen LogP contribution in [0.5, 0.6) is 5.75 Å². The Bertz CT molecular complexity index is 1070. The molecule has 1 saturated heterocycles. The molecule has 3 amide bonds. The monoisotopic (exact) mass is 421 g/mol. The first-order valence-corrected chi connectivity index (χ1v) is 10.6. The number of carbonyl (C=O) groups excluding carboxylic acids is 2. The van der Waals surface area contributed by atoms with Gasteiger partial charge in [-0.15, -0.1) is 0 Å². The number of carbonyl (C=O) groups is 2. The Morgan fingerprint density at radius 2 is 1.90 bits per heavy atom. The number of likely N-dealkylation sites (tertiary alicyclic amines) is 1. The molecule has 0 radical (unpaired) electrons. The van der Waals surface area contributed by atoms with Crippen molar-refractivity contribution < 1.29 is 14.3 Å². The highest BCUT2D eigenvalue weighted by Crippen LogP contribution is 2.18. The lowest BCUT2D eigenvalue weighted by Gasteiger charge is -2.16. The Morgan fingerprint density at radius 1 is 1.10 bits per heavy atom. The van der Waals surface area contributed by atoms with Crippen molar-refractivity contribution in [2.75, 3.05) is 31.6 Å². The molecule has 1 aliphatic heterocycles. The summed E-state index contributed by atoms with van der Waals surface area (Å²) in [4.78, 5) is 30.8. The number of hydrogen-bond acceptors (Lipinski definition) is 4. The summed E-state index contributed by atoms with van der Waals surface area (Å²) < 4.78 is 7.70. The minimum Gasteiger partial charge on any atom is -0.484 e. The predicted molar refractivity (Wildman–Crippen MR) is 119 cm³/mol. The van der Waals surface area contributed by atoms with Crippen LogP contribution in [0.4, 0.5) is 10.5 Å². The number of urea groups is 1. The molecule has 4 rings (SSSR count). The van der Waals surface area contributed by atoms with Gasteiger partial charge in [-0.2, -0.15) is 0 Å². The quantitative estimate of drug-likeness (QED) is 0.613. The van der Waals surface area contributed by atoms with E-state index in [-0.39, 0.29) is 18.5 Å². The normalized spacial score (nSPS) is 13.4. The number of amides is 3. The summed E-state index contributed by atoms with van der Waals surface area (Å²) in [6, 6.07) is 14.7. The van der Waals surface area contributed by atoms with Crippen molar-refractivity contribution in [3.05, 3.63) is 54.4 Å². The fourth-order valence-electron chi connectivity index (χ4n) is 3.80. The molecule has 31 heavy (non-hydrogen) atoms. The number of imidazole rings is 1. The number of rotatable bonds is 7. The highest BCUT2D eigenvalue weighted by Gasteiger charge is 2.18. The maximum Gasteiger partial charge on any atom is 0.319 e. The van der Waals surface area contributed by atoms with E-state index in [9.17, 15) is 9.59 Å². The minimum atomic E-state index is -0.299. The van der Waals surface area contributed by atoms with E-state index in [2.05, 4.69) is 20.2 Å². The van der Waals surface area contributed by atoms with E-state index in [1.165, 1.54) is 0 Å². The van der Waals surface area contributed by atoms with Gasteiger partial charge in [-0.05, 0) is 44.0 Å². The van der Waals surface area contributed by atoms with Gasteiger partial charge in [0.05, 0.1) is 11.0 Å². The Balaban J connectivity index is 1.26. The van der Waals surface area contributed by atoms with Crippen LogP contribution in [-0.2, 0) is 11.3 Å². The average Bonchev–Trinajstić information content (AvgIpc) is 3.41. The summed E-state index contributed by atoms with van der Waals surface area (Å²) >= 11 is 0. The lowest BCUT2D eigenvalue weighted by molar-refractivity contribution is -0.132. The van der Waals surface area contributed by atoms with E-state index in [0.717, 1.165) is 42.8 Å². The van der Waals surface area contributed by atoms with Crippen LogP contribution in [0, 0.1) is 6.92 Å². The molecule has 1 aliphatic rings. The van der Waals surface area contributed by atoms with Crippen LogP contribution in [-0.4, -0.2) is 52.6 Å². The zero-order valence-electron chi connectivity index (χ0n) is 17.6. The van der Waals surface area contributed by atoms with E-state index in [1.807, 2.05) is 36.1 Å². The number of benzene rings is 2. The molecular formula is C23H27N5O3. The summed E-state index contributed by atoms with van der Waals surface area (Å²) in [6.45, 7) is 4.67. The predicted octanol–water partition coefficient (Wildman–Crippen LogP) is 3.17. The number of aryl methyl sites for hydroxylation is 1. The Hall–Kier alpha value is -3.55. The SMILES string of the molecule is Cc1nc2ccccc2n1CCNC(=O)Nc1cccc(OCC(=O)N2CCCC2)c1. The second-order valence-electron chi connectivity index (χ2n) is 7.58. The van der Waals surface area contributed by atoms with Gasteiger partial charge in [-0.25, -0.2) is 9.78 Å². The Labute approximate surface area is 181 Å². The average molecular weight is 422 g/mol. The zero-order chi connectivity index (χ0) is 21.6. The summed E-state index contributed by atoms with van der Waals surface area (Å²) in [5.41, 5.74) is 2.60. The van der Waals surface area contributed by atoms with Gasteiger partial charge < -0.3 is 24.8 Å². The van der Waals surface area contributed by atoms with Crippen LogP contribution in [0.2, 0.25) is 0 Å². The molecule has 2 aromatic carbocycles. The van der Waals surface area contributed by atoms with Crippen LogP contribution >= 0.6 is 0 Å². The third-order valence-corrected chi connectivity index (χ3v) is 5.38. The molecule has 8 nitrogen and oxygen atoms in total. The summed E-state index contributed by atoms with van der Waals surface area (Å²) in [6.07, 6.45) is 2.10. The molecule has 0 atom stereocenters. The molecule has 0 aliphatic carbocycles. The Kier molecular flexibility index (Phi) is 6.35. The van der Waals surface area contributed by atoms with Crippen molar-refractivity contribution >= 4 is 28.7 Å². The van der Waals surface area contributed by atoms with E-state index in [1.54, 1.807) is 24.3 Å². The van der Waals surface area contributed by atoms with Crippen LogP contribution in [0.3, 0.4) is 0 Å². The molecule has 1 fully saturated rings. The number of hydrogen-bond donors (Lipinski definition) is 2. The van der Waals surface area contributed by atoms with Crippen molar-refractivity contribution in [1.29, 1.82) is 0 Å². The van der Waals surface area contributed by atoms with E-state index >= 15 is 0 Å². The molecule has 0 saturated carbocycles. The molecule has 1 aromatic heterocycles. The smallest absolute Gasteiger partial charge is 0.319 e. The highest BCUT2D eigenvalue weighted by molar-refractivity contribution is 5.89. The van der Waals surface area contributed by atoms with Gasteiger partial charge >= 0.3 is 6.03 Å². The number of nitrogens with zero attached hydrogens (tertiary/aromatic N) is 3. The summed E-state index contributed by atoms with van der Waals surface area (Å²) in [5.74, 6) is 1.46. The van der Waals surface area contributed by atoms with Crippen LogP contribution in [0.1, 0.15) is 18.7 Å². The third-order valence-electron chi connectivity index (χ3n) is 5.38. The Morgan fingerprint density at radius 3 is 2.74 bits per heavy atom. The third kappa shape index (κ3) is 5.14. The lowest BCUT2D eigenvalue weighted by atomic mass is 10.3. The molecule has 162 valence electrons. The first-order valence-electron chi connectivity index (χ1n) is 10.6. The summed E-state index contributed by atoms with van der Waals surface area (Å²) in [5, 5.41) is 5.67. The molecule has 2 N–H and O–H groups in total. The second-order valence-corrected chi connectivity index (χ2v) is 7.58. The van der Waals surface area contributed by atoms with Gasteiger partial charge in [-0.1, -0.05) is 18.2 Å². The van der Waals surface area contributed by atoms with Gasteiger partial charge in [-0.3, -0.25) is 4.79 Å². The minimum absolute atomic E-state index is 0.00377.